The van der Waals surface area contributed by atoms with Crippen LogP contribution in [0.3, 0.4) is 0 Å². The van der Waals surface area contributed by atoms with E-state index in [0.717, 1.165) is 15.1 Å². The Kier molecular flexibility index (Phi) is 3.41. The Morgan fingerprint density at radius 2 is 2.29 bits per heavy atom. The standard InChI is InChI=1S/C10H15N5OS/c1-5(16)4-12-8-7-3-6(2)17-9(7)14-10(13-8)15-11/h3,5,16H,4,11H2,1-2H3,(H2,12,13,14,15). The molecule has 2 heterocycles. The van der Waals surface area contributed by atoms with Crippen LogP contribution in [0, 0.1) is 6.92 Å². The van der Waals surface area contributed by atoms with E-state index in [9.17, 15) is 5.11 Å². The van der Waals surface area contributed by atoms with Crippen LogP contribution in [0.4, 0.5) is 11.8 Å². The number of aromatic nitrogens is 2. The molecule has 0 saturated heterocycles. The van der Waals surface area contributed by atoms with Crippen LogP contribution in [-0.2, 0) is 0 Å². The van der Waals surface area contributed by atoms with Crippen molar-refractivity contribution in [3.05, 3.63) is 10.9 Å². The lowest BCUT2D eigenvalue weighted by Crippen LogP contribution is -2.17. The van der Waals surface area contributed by atoms with Crippen LogP contribution in [0.25, 0.3) is 10.2 Å². The van der Waals surface area contributed by atoms with Gasteiger partial charge in [-0.05, 0) is 19.9 Å². The van der Waals surface area contributed by atoms with Gasteiger partial charge in [0.05, 0.1) is 11.5 Å². The molecule has 0 aromatic carbocycles. The molecule has 0 aliphatic rings. The molecule has 17 heavy (non-hydrogen) atoms. The highest BCUT2D eigenvalue weighted by atomic mass is 32.1. The zero-order valence-electron chi connectivity index (χ0n) is 9.69. The number of fused-ring (bicyclic) bond motifs is 1. The maximum Gasteiger partial charge on any atom is 0.240 e. The maximum atomic E-state index is 9.27. The van der Waals surface area contributed by atoms with Gasteiger partial charge in [-0.3, -0.25) is 5.43 Å². The summed E-state index contributed by atoms with van der Waals surface area (Å²) in [6.07, 6.45) is -0.436. The summed E-state index contributed by atoms with van der Waals surface area (Å²) in [7, 11) is 0. The molecule has 0 fully saturated rings. The number of hydrazine groups is 1. The third-order valence-electron chi connectivity index (χ3n) is 2.21. The molecular formula is C10H15N5OS. The van der Waals surface area contributed by atoms with Gasteiger partial charge in [0.2, 0.25) is 5.95 Å². The second-order valence-electron chi connectivity index (χ2n) is 3.85. The fourth-order valence-corrected chi connectivity index (χ4v) is 2.37. The SMILES string of the molecule is Cc1cc2c(NCC(C)O)nc(NN)nc2s1. The molecular weight excluding hydrogens is 238 g/mol. The first-order valence-electron chi connectivity index (χ1n) is 5.27. The van der Waals surface area contributed by atoms with Crippen LogP contribution in [0.1, 0.15) is 11.8 Å². The van der Waals surface area contributed by atoms with Gasteiger partial charge in [0, 0.05) is 11.4 Å². The summed E-state index contributed by atoms with van der Waals surface area (Å²) in [6, 6.07) is 2.02. The molecule has 2 aromatic rings. The van der Waals surface area contributed by atoms with Crippen molar-refractivity contribution >= 4 is 33.3 Å². The number of anilines is 2. The molecule has 92 valence electrons. The third-order valence-corrected chi connectivity index (χ3v) is 3.15. The first-order valence-corrected chi connectivity index (χ1v) is 6.08. The van der Waals surface area contributed by atoms with Crippen molar-refractivity contribution in [3.8, 4) is 0 Å². The number of aliphatic hydroxyl groups excluding tert-OH is 1. The zero-order valence-corrected chi connectivity index (χ0v) is 10.5. The minimum absolute atomic E-state index is 0.368. The van der Waals surface area contributed by atoms with Gasteiger partial charge in [-0.2, -0.15) is 4.98 Å². The minimum Gasteiger partial charge on any atom is -0.392 e. The lowest BCUT2D eigenvalue weighted by Gasteiger charge is -2.09. The summed E-state index contributed by atoms with van der Waals surface area (Å²) in [6.45, 7) is 4.16. The van der Waals surface area contributed by atoms with E-state index >= 15 is 0 Å². The molecule has 0 saturated carbocycles. The molecule has 5 N–H and O–H groups in total. The third kappa shape index (κ3) is 2.63. The molecule has 0 spiro atoms. The van der Waals surface area contributed by atoms with Crippen molar-refractivity contribution in [3.63, 3.8) is 0 Å². The highest BCUT2D eigenvalue weighted by Gasteiger charge is 2.10. The highest BCUT2D eigenvalue weighted by molar-refractivity contribution is 7.18. The first kappa shape index (κ1) is 12.0. The van der Waals surface area contributed by atoms with Gasteiger partial charge in [-0.25, -0.2) is 10.8 Å². The number of nitrogens with zero attached hydrogens (tertiary/aromatic N) is 2. The first-order chi connectivity index (χ1) is 8.10. The summed E-state index contributed by atoms with van der Waals surface area (Å²) in [5.74, 6) is 6.38. The minimum atomic E-state index is -0.436. The number of thiophene rings is 1. The summed E-state index contributed by atoms with van der Waals surface area (Å²) in [5.41, 5.74) is 2.44. The van der Waals surface area contributed by atoms with E-state index in [0.29, 0.717) is 18.3 Å². The van der Waals surface area contributed by atoms with Crippen molar-refractivity contribution in [2.75, 3.05) is 17.3 Å². The Hall–Kier alpha value is -1.44. The molecule has 0 bridgehead atoms. The van der Waals surface area contributed by atoms with E-state index in [1.807, 2.05) is 13.0 Å². The van der Waals surface area contributed by atoms with Gasteiger partial charge in [-0.1, -0.05) is 0 Å². The second-order valence-corrected chi connectivity index (χ2v) is 5.08. The number of nitrogens with one attached hydrogen (secondary N) is 2. The van der Waals surface area contributed by atoms with Crippen LogP contribution in [0.5, 0.6) is 0 Å². The van der Waals surface area contributed by atoms with E-state index in [1.165, 1.54) is 0 Å². The maximum absolute atomic E-state index is 9.27. The summed E-state index contributed by atoms with van der Waals surface area (Å²) < 4.78 is 0. The largest absolute Gasteiger partial charge is 0.392 e. The summed E-state index contributed by atoms with van der Waals surface area (Å²) >= 11 is 1.58. The topological polar surface area (TPSA) is 96.1 Å². The lowest BCUT2D eigenvalue weighted by molar-refractivity contribution is 0.208. The lowest BCUT2D eigenvalue weighted by atomic mass is 10.3. The fourth-order valence-electron chi connectivity index (χ4n) is 1.49. The number of nitrogens with two attached hydrogens (primary N) is 1. The van der Waals surface area contributed by atoms with Crippen LogP contribution in [-0.4, -0.2) is 27.7 Å². The van der Waals surface area contributed by atoms with E-state index < -0.39 is 6.10 Å². The summed E-state index contributed by atoms with van der Waals surface area (Å²) in [4.78, 5) is 10.5. The molecule has 0 amide bonds. The van der Waals surface area contributed by atoms with E-state index in [4.69, 9.17) is 5.84 Å². The molecule has 1 atom stereocenters. The Labute approximate surface area is 103 Å². The van der Waals surface area contributed by atoms with E-state index in [2.05, 4.69) is 20.7 Å². The number of nitrogen functional groups attached to an aromatic ring is 1. The van der Waals surface area contributed by atoms with Gasteiger partial charge < -0.3 is 10.4 Å². The second kappa shape index (κ2) is 4.82. The Morgan fingerprint density at radius 3 is 2.94 bits per heavy atom. The van der Waals surface area contributed by atoms with Crippen molar-refractivity contribution in [2.24, 2.45) is 5.84 Å². The number of aryl methyl sites for hydroxylation is 1. The van der Waals surface area contributed by atoms with Crippen LogP contribution in [0.15, 0.2) is 6.07 Å². The fraction of sp³-hybridized carbons (Fsp3) is 0.400. The van der Waals surface area contributed by atoms with Crippen LogP contribution in [0.2, 0.25) is 0 Å². The molecule has 6 nitrogen and oxygen atoms in total. The van der Waals surface area contributed by atoms with Gasteiger partial charge in [0.15, 0.2) is 0 Å². The normalized spacial score (nSPS) is 12.7. The Balaban J connectivity index is 2.43. The average molecular weight is 253 g/mol. The molecule has 2 rings (SSSR count). The number of hydrogen-bond acceptors (Lipinski definition) is 7. The van der Waals surface area contributed by atoms with Gasteiger partial charge in [-0.15, -0.1) is 11.3 Å². The number of hydrogen-bond donors (Lipinski definition) is 4. The molecule has 0 aliphatic carbocycles. The molecule has 0 radical (unpaired) electrons. The van der Waals surface area contributed by atoms with Crippen LogP contribution >= 0.6 is 11.3 Å². The highest BCUT2D eigenvalue weighted by Crippen LogP contribution is 2.29. The smallest absolute Gasteiger partial charge is 0.240 e. The van der Waals surface area contributed by atoms with Crippen molar-refractivity contribution in [1.29, 1.82) is 0 Å². The predicted molar refractivity (Wildman–Crippen MR) is 70.1 cm³/mol. The number of aliphatic hydroxyl groups is 1. The van der Waals surface area contributed by atoms with Crippen LogP contribution < -0.4 is 16.6 Å². The monoisotopic (exact) mass is 253 g/mol. The number of rotatable bonds is 4. The molecule has 0 aliphatic heterocycles. The van der Waals surface area contributed by atoms with Crippen molar-refractivity contribution < 1.29 is 5.11 Å². The van der Waals surface area contributed by atoms with Crippen molar-refractivity contribution in [1.82, 2.24) is 9.97 Å². The van der Waals surface area contributed by atoms with E-state index in [-0.39, 0.29) is 0 Å². The molecule has 2 aromatic heterocycles. The van der Waals surface area contributed by atoms with Gasteiger partial charge in [0.1, 0.15) is 10.6 Å². The van der Waals surface area contributed by atoms with Crippen molar-refractivity contribution in [2.45, 2.75) is 20.0 Å². The van der Waals surface area contributed by atoms with E-state index in [1.54, 1.807) is 18.3 Å². The predicted octanol–water partition coefficient (Wildman–Crippen LogP) is 1.08. The van der Waals surface area contributed by atoms with Gasteiger partial charge in [0.25, 0.3) is 0 Å². The van der Waals surface area contributed by atoms with Gasteiger partial charge >= 0.3 is 0 Å². The summed E-state index contributed by atoms with van der Waals surface area (Å²) in [5, 5.41) is 13.3. The Bertz CT molecular complexity index is 525. The molecule has 1 unspecified atom stereocenters. The Morgan fingerprint density at radius 1 is 1.53 bits per heavy atom. The average Bonchev–Trinajstić information content (AvgIpc) is 2.65. The molecule has 7 heteroatoms. The zero-order chi connectivity index (χ0) is 12.4. The quantitative estimate of drug-likeness (QED) is 0.481.